The molecule has 2 aromatic carbocycles. The van der Waals surface area contributed by atoms with Crippen molar-refractivity contribution >= 4 is 40.1 Å². The molecule has 1 atom stereocenters. The molecule has 0 unspecified atom stereocenters. The van der Waals surface area contributed by atoms with Crippen molar-refractivity contribution in [2.75, 3.05) is 6.61 Å². The van der Waals surface area contributed by atoms with Crippen LogP contribution in [0.25, 0.3) is 22.0 Å². The summed E-state index contributed by atoms with van der Waals surface area (Å²) in [5.41, 5.74) is 3.14. The molecule has 4 nitrogen and oxygen atoms in total. The molecule has 0 aliphatic heterocycles. The molecule has 0 aliphatic carbocycles. The lowest BCUT2D eigenvalue weighted by Gasteiger charge is -2.31. The molecule has 0 saturated carbocycles. The van der Waals surface area contributed by atoms with Crippen molar-refractivity contribution in [1.82, 2.24) is 4.98 Å². The number of pyridine rings is 1. The average Bonchev–Trinajstić information content (AvgIpc) is 2.69. The molecule has 3 aromatic rings. The van der Waals surface area contributed by atoms with Crippen LogP contribution in [0.4, 0.5) is 0 Å². The first-order valence-electron chi connectivity index (χ1n) is 11.0. The Hall–Kier alpha value is -2.14. The number of esters is 1. The maximum atomic E-state index is 12.6. The van der Waals surface area contributed by atoms with Gasteiger partial charge >= 0.3 is 5.97 Å². The summed E-state index contributed by atoms with van der Waals surface area (Å²) in [7, 11) is 0. The second-order valence-corrected chi connectivity index (χ2v) is 11.1. The molecule has 0 fully saturated rings. The Bertz CT molecular complexity index is 1160. The summed E-state index contributed by atoms with van der Waals surface area (Å²) in [6.45, 7) is 13.4. The number of halogens is 2. The van der Waals surface area contributed by atoms with Crippen LogP contribution in [0.15, 0.2) is 42.5 Å². The molecule has 0 saturated heterocycles. The van der Waals surface area contributed by atoms with E-state index >= 15 is 0 Å². The number of ether oxygens (including phenoxy) is 2. The second kappa shape index (κ2) is 9.61. The van der Waals surface area contributed by atoms with Gasteiger partial charge in [0.2, 0.25) is 0 Å². The van der Waals surface area contributed by atoms with Gasteiger partial charge in [0.15, 0.2) is 0 Å². The van der Waals surface area contributed by atoms with Gasteiger partial charge in [-0.2, -0.15) is 0 Å². The maximum Gasteiger partial charge on any atom is 0.311 e. The van der Waals surface area contributed by atoms with E-state index in [9.17, 15) is 4.79 Å². The fourth-order valence-electron chi connectivity index (χ4n) is 3.57. The number of hydrogen-bond acceptors (Lipinski definition) is 4. The first kappa shape index (κ1) is 25.5. The van der Waals surface area contributed by atoms with Crippen LogP contribution in [-0.4, -0.2) is 23.2 Å². The average molecular weight is 488 g/mol. The van der Waals surface area contributed by atoms with E-state index in [0.29, 0.717) is 10.0 Å². The molecule has 0 amide bonds. The highest BCUT2D eigenvalue weighted by atomic mass is 35.5. The van der Waals surface area contributed by atoms with Gasteiger partial charge in [-0.1, -0.05) is 41.4 Å². The molecule has 0 spiro atoms. The van der Waals surface area contributed by atoms with Crippen LogP contribution in [0.3, 0.4) is 0 Å². The van der Waals surface area contributed by atoms with Gasteiger partial charge in [-0.15, -0.1) is 0 Å². The van der Waals surface area contributed by atoms with Crippen LogP contribution in [0.1, 0.15) is 58.9 Å². The number of carbonyl (C=O) groups is 1. The number of benzene rings is 2. The first-order valence-corrected chi connectivity index (χ1v) is 11.7. The predicted octanol–water partition coefficient (Wildman–Crippen LogP) is 7.96. The van der Waals surface area contributed by atoms with Gasteiger partial charge in [0.1, 0.15) is 12.7 Å². The van der Waals surface area contributed by atoms with Gasteiger partial charge in [-0.05, 0) is 83.9 Å². The summed E-state index contributed by atoms with van der Waals surface area (Å²) in [5.74, 6) is -0.299. The van der Waals surface area contributed by atoms with Crippen molar-refractivity contribution in [3.05, 3.63) is 63.8 Å². The molecular weight excluding hydrogens is 457 g/mol. The lowest BCUT2D eigenvalue weighted by atomic mass is 9.91. The SMILES string of the molecule is Cc1ccc2c(-c3ccc(Cl)cc3)c([C@H](COC(=O)C(C)(C)C)OC(C)(C)C)c(Cl)cc2n1. The molecule has 176 valence electrons. The predicted molar refractivity (Wildman–Crippen MR) is 136 cm³/mol. The van der Waals surface area contributed by atoms with Crippen molar-refractivity contribution in [3.63, 3.8) is 0 Å². The van der Waals surface area contributed by atoms with Gasteiger partial charge in [0.05, 0.1) is 16.5 Å². The normalized spacial score (nSPS) is 13.2. The largest absolute Gasteiger partial charge is 0.462 e. The second-order valence-electron chi connectivity index (χ2n) is 10.2. The molecular formula is C27H31Cl2NO3. The van der Waals surface area contributed by atoms with Gasteiger partial charge in [0.25, 0.3) is 0 Å². The fourth-order valence-corrected chi connectivity index (χ4v) is 4.02. The zero-order valence-corrected chi connectivity index (χ0v) is 21.8. The summed E-state index contributed by atoms with van der Waals surface area (Å²) < 4.78 is 12.1. The third-order valence-electron chi connectivity index (χ3n) is 5.05. The molecule has 0 aliphatic rings. The summed E-state index contributed by atoms with van der Waals surface area (Å²) in [6, 6.07) is 13.4. The van der Waals surface area contributed by atoms with Crippen LogP contribution < -0.4 is 0 Å². The zero-order valence-electron chi connectivity index (χ0n) is 20.3. The van der Waals surface area contributed by atoms with E-state index in [1.54, 1.807) is 0 Å². The molecule has 0 N–H and O–H groups in total. The number of aryl methyl sites for hydroxylation is 1. The minimum atomic E-state index is -0.625. The minimum Gasteiger partial charge on any atom is -0.462 e. The molecule has 33 heavy (non-hydrogen) atoms. The van der Waals surface area contributed by atoms with Gasteiger partial charge in [-0.25, -0.2) is 0 Å². The van der Waals surface area contributed by atoms with Crippen LogP contribution in [-0.2, 0) is 14.3 Å². The fraction of sp³-hybridized carbons (Fsp3) is 0.407. The number of carbonyl (C=O) groups excluding carboxylic acids is 1. The molecule has 1 aromatic heterocycles. The van der Waals surface area contributed by atoms with Crippen molar-refractivity contribution in [2.45, 2.75) is 60.2 Å². The van der Waals surface area contributed by atoms with Crippen LogP contribution in [0.5, 0.6) is 0 Å². The quantitative estimate of drug-likeness (QED) is 0.342. The van der Waals surface area contributed by atoms with Crippen LogP contribution in [0.2, 0.25) is 10.0 Å². The number of aromatic nitrogens is 1. The highest BCUT2D eigenvalue weighted by Gasteiger charge is 2.30. The third-order valence-corrected chi connectivity index (χ3v) is 5.62. The van der Waals surface area contributed by atoms with Crippen molar-refractivity contribution in [3.8, 4) is 11.1 Å². The van der Waals surface area contributed by atoms with Crippen LogP contribution in [0, 0.1) is 12.3 Å². The standard InChI is InChI=1S/C27H31Cl2NO3/c1-16-8-13-19-21(30-16)14-20(29)24(23(19)17-9-11-18(28)12-10-17)22(33-27(5,6)7)15-32-25(31)26(2,3)4/h8-14,22H,15H2,1-7H3/t22-/m0/s1. The lowest BCUT2D eigenvalue weighted by Crippen LogP contribution is -2.29. The topological polar surface area (TPSA) is 48.4 Å². The molecule has 3 rings (SSSR count). The van der Waals surface area contributed by atoms with Crippen LogP contribution >= 0.6 is 23.2 Å². The van der Waals surface area contributed by atoms with Crippen molar-refractivity contribution in [1.29, 1.82) is 0 Å². The molecule has 6 heteroatoms. The van der Waals surface area contributed by atoms with Gasteiger partial charge < -0.3 is 9.47 Å². The number of hydrogen-bond donors (Lipinski definition) is 0. The Morgan fingerprint density at radius 1 is 1.00 bits per heavy atom. The van der Waals surface area contributed by atoms with E-state index in [4.69, 9.17) is 32.7 Å². The maximum absolute atomic E-state index is 12.6. The Kier molecular flexibility index (Phi) is 7.42. The molecule has 1 heterocycles. The van der Waals surface area contributed by atoms with E-state index < -0.39 is 17.1 Å². The number of fused-ring (bicyclic) bond motifs is 1. The summed E-state index contributed by atoms with van der Waals surface area (Å²) in [4.78, 5) is 17.2. The van der Waals surface area contributed by atoms with E-state index in [1.165, 1.54) is 0 Å². The Morgan fingerprint density at radius 3 is 2.21 bits per heavy atom. The van der Waals surface area contributed by atoms with Gasteiger partial charge in [0, 0.05) is 26.7 Å². The van der Waals surface area contributed by atoms with E-state index in [2.05, 4.69) is 4.98 Å². The number of rotatable bonds is 5. The van der Waals surface area contributed by atoms with E-state index in [-0.39, 0.29) is 12.6 Å². The van der Waals surface area contributed by atoms with Crippen molar-refractivity contribution in [2.24, 2.45) is 5.41 Å². The highest BCUT2D eigenvalue weighted by Crippen LogP contribution is 2.42. The summed E-state index contributed by atoms with van der Waals surface area (Å²) in [5, 5.41) is 2.08. The molecule has 0 bridgehead atoms. The Balaban J connectivity index is 2.24. The van der Waals surface area contributed by atoms with Crippen molar-refractivity contribution < 1.29 is 14.3 Å². The lowest BCUT2D eigenvalue weighted by molar-refractivity contribution is -0.161. The van der Waals surface area contributed by atoms with Gasteiger partial charge in [-0.3, -0.25) is 9.78 Å². The first-order chi connectivity index (χ1) is 15.3. The smallest absolute Gasteiger partial charge is 0.311 e. The van der Waals surface area contributed by atoms with E-state index in [0.717, 1.165) is 33.3 Å². The molecule has 0 radical (unpaired) electrons. The third kappa shape index (κ3) is 6.26. The summed E-state index contributed by atoms with van der Waals surface area (Å²) in [6.07, 6.45) is -0.583. The monoisotopic (exact) mass is 487 g/mol. The number of nitrogens with zero attached hydrogens (tertiary/aromatic N) is 1. The summed E-state index contributed by atoms with van der Waals surface area (Å²) >= 11 is 13.0. The Labute approximate surface area is 206 Å². The Morgan fingerprint density at radius 2 is 1.64 bits per heavy atom. The highest BCUT2D eigenvalue weighted by molar-refractivity contribution is 6.33. The minimum absolute atomic E-state index is 0.0402. The van der Waals surface area contributed by atoms with E-state index in [1.807, 2.05) is 90.9 Å². The zero-order chi connectivity index (χ0) is 24.6.